The normalized spacial score (nSPS) is 21.3. The van der Waals surface area contributed by atoms with Gasteiger partial charge in [-0.3, -0.25) is 9.69 Å². The lowest BCUT2D eigenvalue weighted by molar-refractivity contribution is -0.127. The third-order valence-corrected chi connectivity index (χ3v) is 5.00. The van der Waals surface area contributed by atoms with Crippen molar-refractivity contribution in [2.24, 2.45) is 0 Å². The molecule has 0 bridgehead atoms. The van der Waals surface area contributed by atoms with Gasteiger partial charge in [0.15, 0.2) is 11.5 Å². The SMILES string of the molecule is COc1ccc(C=CC(=O)N2CCN(CC3CCCO3)CC2)cc1OC. The van der Waals surface area contributed by atoms with Gasteiger partial charge in [-0.05, 0) is 36.6 Å². The first-order valence-corrected chi connectivity index (χ1v) is 9.22. The molecule has 0 saturated carbocycles. The highest BCUT2D eigenvalue weighted by atomic mass is 16.5. The molecule has 1 aromatic rings. The molecule has 2 saturated heterocycles. The van der Waals surface area contributed by atoms with Gasteiger partial charge < -0.3 is 19.1 Å². The number of hydrogen-bond donors (Lipinski definition) is 0. The number of carbonyl (C=O) groups is 1. The number of rotatable bonds is 6. The maximum absolute atomic E-state index is 12.4. The summed E-state index contributed by atoms with van der Waals surface area (Å²) in [5.74, 6) is 1.39. The van der Waals surface area contributed by atoms with Crippen molar-refractivity contribution in [3.05, 3.63) is 29.8 Å². The van der Waals surface area contributed by atoms with Crippen molar-refractivity contribution in [2.45, 2.75) is 18.9 Å². The maximum Gasteiger partial charge on any atom is 0.246 e. The van der Waals surface area contributed by atoms with E-state index in [0.29, 0.717) is 17.6 Å². The number of nitrogens with zero attached hydrogens (tertiary/aromatic N) is 2. The van der Waals surface area contributed by atoms with E-state index in [1.807, 2.05) is 29.2 Å². The van der Waals surface area contributed by atoms with Crippen LogP contribution in [0.2, 0.25) is 0 Å². The fourth-order valence-corrected chi connectivity index (χ4v) is 3.46. The molecule has 26 heavy (non-hydrogen) atoms. The first-order valence-electron chi connectivity index (χ1n) is 9.22. The number of carbonyl (C=O) groups excluding carboxylic acids is 1. The minimum atomic E-state index is 0.0524. The van der Waals surface area contributed by atoms with E-state index >= 15 is 0 Å². The Labute approximate surface area is 155 Å². The molecule has 6 heteroatoms. The van der Waals surface area contributed by atoms with Gasteiger partial charge in [0, 0.05) is 45.4 Å². The molecule has 0 aromatic heterocycles. The average molecular weight is 360 g/mol. The van der Waals surface area contributed by atoms with Crippen molar-refractivity contribution < 1.29 is 19.0 Å². The average Bonchev–Trinajstić information content (AvgIpc) is 3.19. The number of methoxy groups -OCH3 is 2. The smallest absolute Gasteiger partial charge is 0.246 e. The van der Waals surface area contributed by atoms with Crippen molar-refractivity contribution >= 4 is 12.0 Å². The summed E-state index contributed by atoms with van der Waals surface area (Å²) in [4.78, 5) is 16.7. The third kappa shape index (κ3) is 4.77. The molecule has 0 radical (unpaired) electrons. The topological polar surface area (TPSA) is 51.2 Å². The Kier molecular flexibility index (Phi) is 6.52. The highest BCUT2D eigenvalue weighted by molar-refractivity contribution is 5.92. The van der Waals surface area contributed by atoms with Gasteiger partial charge in [0.2, 0.25) is 5.91 Å². The fraction of sp³-hybridized carbons (Fsp3) is 0.550. The van der Waals surface area contributed by atoms with Crippen LogP contribution >= 0.6 is 0 Å². The summed E-state index contributed by atoms with van der Waals surface area (Å²) in [6.45, 7) is 5.24. The predicted molar refractivity (Wildman–Crippen MR) is 101 cm³/mol. The quantitative estimate of drug-likeness (QED) is 0.727. The van der Waals surface area contributed by atoms with Gasteiger partial charge in [0.1, 0.15) is 0 Å². The molecule has 1 amide bonds. The number of benzene rings is 1. The molecule has 1 aromatic carbocycles. The summed E-state index contributed by atoms with van der Waals surface area (Å²) in [5, 5.41) is 0. The van der Waals surface area contributed by atoms with E-state index < -0.39 is 0 Å². The number of piperazine rings is 1. The van der Waals surface area contributed by atoms with Crippen LogP contribution in [-0.2, 0) is 9.53 Å². The summed E-state index contributed by atoms with van der Waals surface area (Å²) < 4.78 is 16.2. The Hall–Kier alpha value is -2.05. The molecule has 2 aliphatic rings. The third-order valence-electron chi connectivity index (χ3n) is 5.00. The molecule has 1 atom stereocenters. The van der Waals surface area contributed by atoms with E-state index in [2.05, 4.69) is 4.90 Å². The molecule has 2 heterocycles. The van der Waals surface area contributed by atoms with Crippen LogP contribution in [0.4, 0.5) is 0 Å². The molecule has 0 N–H and O–H groups in total. The van der Waals surface area contributed by atoms with E-state index in [1.54, 1.807) is 20.3 Å². The highest BCUT2D eigenvalue weighted by Gasteiger charge is 2.24. The number of amides is 1. The first kappa shape index (κ1) is 18.7. The van der Waals surface area contributed by atoms with Gasteiger partial charge in [-0.25, -0.2) is 0 Å². The standard InChI is InChI=1S/C20H28N2O4/c1-24-18-7-5-16(14-19(18)25-2)6-8-20(23)22-11-9-21(10-12-22)15-17-4-3-13-26-17/h5-8,14,17H,3-4,9-13,15H2,1-2H3. The van der Waals surface area contributed by atoms with E-state index in [1.165, 1.54) is 6.42 Å². The molecule has 0 spiro atoms. The lowest BCUT2D eigenvalue weighted by atomic mass is 10.1. The zero-order valence-corrected chi connectivity index (χ0v) is 15.6. The van der Waals surface area contributed by atoms with Crippen molar-refractivity contribution in [1.82, 2.24) is 9.80 Å². The monoisotopic (exact) mass is 360 g/mol. The van der Waals surface area contributed by atoms with Crippen LogP contribution in [0.1, 0.15) is 18.4 Å². The van der Waals surface area contributed by atoms with Crippen LogP contribution in [0.25, 0.3) is 6.08 Å². The summed E-state index contributed by atoms with van der Waals surface area (Å²) in [7, 11) is 3.21. The van der Waals surface area contributed by atoms with Crippen molar-refractivity contribution in [1.29, 1.82) is 0 Å². The molecule has 2 fully saturated rings. The van der Waals surface area contributed by atoms with Crippen LogP contribution < -0.4 is 9.47 Å². The van der Waals surface area contributed by atoms with E-state index in [-0.39, 0.29) is 5.91 Å². The number of hydrogen-bond acceptors (Lipinski definition) is 5. The van der Waals surface area contributed by atoms with Gasteiger partial charge in [0.05, 0.1) is 20.3 Å². The van der Waals surface area contributed by atoms with Crippen molar-refractivity contribution in [2.75, 3.05) is 53.6 Å². The highest BCUT2D eigenvalue weighted by Crippen LogP contribution is 2.28. The van der Waals surface area contributed by atoms with Gasteiger partial charge in [-0.1, -0.05) is 6.07 Å². The zero-order valence-electron chi connectivity index (χ0n) is 15.6. The minimum absolute atomic E-state index is 0.0524. The molecule has 142 valence electrons. The van der Waals surface area contributed by atoms with Crippen LogP contribution in [0.3, 0.4) is 0 Å². The molecule has 1 unspecified atom stereocenters. The van der Waals surface area contributed by atoms with E-state index in [9.17, 15) is 4.79 Å². The lowest BCUT2D eigenvalue weighted by Gasteiger charge is -2.35. The summed E-state index contributed by atoms with van der Waals surface area (Å²) in [5.41, 5.74) is 0.910. The van der Waals surface area contributed by atoms with Crippen LogP contribution in [0.5, 0.6) is 11.5 Å². The van der Waals surface area contributed by atoms with E-state index in [4.69, 9.17) is 14.2 Å². The second-order valence-electron chi connectivity index (χ2n) is 6.71. The van der Waals surface area contributed by atoms with Crippen molar-refractivity contribution in [3.63, 3.8) is 0 Å². The van der Waals surface area contributed by atoms with Gasteiger partial charge in [-0.15, -0.1) is 0 Å². The molecule has 2 aliphatic heterocycles. The Balaban J connectivity index is 1.50. The Morgan fingerprint density at radius 3 is 2.62 bits per heavy atom. The fourth-order valence-electron chi connectivity index (χ4n) is 3.46. The van der Waals surface area contributed by atoms with E-state index in [0.717, 1.165) is 51.3 Å². The summed E-state index contributed by atoms with van der Waals surface area (Å²) in [6.07, 6.45) is 6.17. The second-order valence-corrected chi connectivity index (χ2v) is 6.71. The Morgan fingerprint density at radius 2 is 1.96 bits per heavy atom. The molecule has 3 rings (SSSR count). The minimum Gasteiger partial charge on any atom is -0.493 e. The summed E-state index contributed by atoms with van der Waals surface area (Å²) >= 11 is 0. The Bertz CT molecular complexity index is 633. The molecule has 6 nitrogen and oxygen atoms in total. The number of ether oxygens (including phenoxy) is 3. The van der Waals surface area contributed by atoms with Gasteiger partial charge in [0.25, 0.3) is 0 Å². The second kappa shape index (κ2) is 9.05. The lowest BCUT2D eigenvalue weighted by Crippen LogP contribution is -2.50. The van der Waals surface area contributed by atoms with Crippen molar-refractivity contribution in [3.8, 4) is 11.5 Å². The first-order chi connectivity index (χ1) is 12.7. The maximum atomic E-state index is 12.4. The Morgan fingerprint density at radius 1 is 1.19 bits per heavy atom. The van der Waals surface area contributed by atoms with Gasteiger partial charge >= 0.3 is 0 Å². The summed E-state index contributed by atoms with van der Waals surface area (Å²) in [6, 6.07) is 5.61. The zero-order chi connectivity index (χ0) is 18.4. The molecular weight excluding hydrogens is 332 g/mol. The largest absolute Gasteiger partial charge is 0.493 e. The van der Waals surface area contributed by atoms with Crippen LogP contribution in [0.15, 0.2) is 24.3 Å². The van der Waals surface area contributed by atoms with Crippen LogP contribution in [0, 0.1) is 0 Å². The van der Waals surface area contributed by atoms with Crippen LogP contribution in [-0.4, -0.2) is 75.4 Å². The molecule has 0 aliphatic carbocycles. The predicted octanol–water partition coefficient (Wildman–Crippen LogP) is 2.04. The van der Waals surface area contributed by atoms with Gasteiger partial charge in [-0.2, -0.15) is 0 Å². The molecular formula is C20H28N2O4.